The van der Waals surface area contributed by atoms with Crippen molar-refractivity contribution in [3.63, 3.8) is 0 Å². The molecule has 0 saturated carbocycles. The quantitative estimate of drug-likeness (QED) is 0.525. The van der Waals surface area contributed by atoms with Crippen LogP contribution >= 0.6 is 0 Å². The molecule has 1 aliphatic rings. The molecule has 2 nitrogen and oxygen atoms in total. The average molecular weight is 130 g/mol. The smallest absolute Gasteiger partial charge is 0.0878 e. The van der Waals surface area contributed by atoms with E-state index in [1.807, 2.05) is 6.92 Å². The zero-order chi connectivity index (χ0) is 6.91. The first kappa shape index (κ1) is 7.03. The van der Waals surface area contributed by atoms with Gasteiger partial charge in [0, 0.05) is 6.61 Å². The predicted octanol–water partition coefficient (Wildman–Crippen LogP) is 0.794. The van der Waals surface area contributed by atoms with E-state index in [1.54, 1.807) is 0 Å². The lowest BCUT2D eigenvalue weighted by Crippen LogP contribution is -2.42. The molecule has 2 atom stereocenters. The predicted molar refractivity (Wildman–Crippen MR) is 35.2 cm³/mol. The van der Waals surface area contributed by atoms with Crippen LogP contribution in [-0.2, 0) is 4.74 Å². The Morgan fingerprint density at radius 2 is 2.33 bits per heavy atom. The van der Waals surface area contributed by atoms with Gasteiger partial charge in [-0.05, 0) is 19.3 Å². The summed E-state index contributed by atoms with van der Waals surface area (Å²) in [5.74, 6) is 0.381. The van der Waals surface area contributed by atoms with Crippen molar-refractivity contribution in [2.24, 2.45) is 5.92 Å². The molecule has 2 heteroatoms. The summed E-state index contributed by atoms with van der Waals surface area (Å²) in [6.45, 7) is 5.19. The number of aliphatic hydroxyl groups is 1. The van der Waals surface area contributed by atoms with E-state index in [9.17, 15) is 5.11 Å². The van der Waals surface area contributed by atoms with Crippen LogP contribution in [0.3, 0.4) is 0 Å². The summed E-state index contributed by atoms with van der Waals surface area (Å²) in [6, 6.07) is 0. The minimum atomic E-state index is -0.585. The Kier molecular flexibility index (Phi) is 1.78. The van der Waals surface area contributed by atoms with Gasteiger partial charge in [-0.3, -0.25) is 0 Å². The van der Waals surface area contributed by atoms with Crippen LogP contribution < -0.4 is 0 Å². The molecule has 1 heterocycles. The van der Waals surface area contributed by atoms with E-state index in [1.165, 1.54) is 0 Å². The fraction of sp³-hybridized carbons (Fsp3) is 1.00. The molecule has 9 heavy (non-hydrogen) atoms. The van der Waals surface area contributed by atoms with Crippen molar-refractivity contribution in [1.82, 2.24) is 0 Å². The molecular weight excluding hydrogens is 116 g/mol. The van der Waals surface area contributed by atoms with Gasteiger partial charge in [0.2, 0.25) is 0 Å². The summed E-state index contributed by atoms with van der Waals surface area (Å²) >= 11 is 0. The molecule has 0 amide bonds. The van der Waals surface area contributed by atoms with Gasteiger partial charge in [-0.25, -0.2) is 0 Å². The Balaban J connectivity index is 2.49. The second-order valence-electron chi connectivity index (χ2n) is 3.10. The maximum absolute atomic E-state index is 9.52. The van der Waals surface area contributed by atoms with Crippen LogP contribution in [0.2, 0.25) is 0 Å². The molecule has 1 fully saturated rings. The fourth-order valence-corrected chi connectivity index (χ4v) is 0.992. The van der Waals surface area contributed by atoms with Crippen LogP contribution in [0.4, 0.5) is 0 Å². The minimum Gasteiger partial charge on any atom is -0.387 e. The van der Waals surface area contributed by atoms with Gasteiger partial charge in [-0.15, -0.1) is 0 Å². The maximum Gasteiger partial charge on any atom is 0.0878 e. The molecule has 1 rings (SSSR count). The standard InChI is InChI=1S/C7H14O2/c1-6-3-4-9-5-7(6,2)8/h6,8H,3-5H2,1-2H3. The van der Waals surface area contributed by atoms with Gasteiger partial charge in [0.25, 0.3) is 0 Å². The Labute approximate surface area is 55.8 Å². The Hall–Kier alpha value is -0.0800. The summed E-state index contributed by atoms with van der Waals surface area (Å²) in [5, 5.41) is 9.52. The van der Waals surface area contributed by atoms with E-state index >= 15 is 0 Å². The molecule has 0 bridgehead atoms. The molecule has 0 aromatic carbocycles. The molecule has 54 valence electrons. The SMILES string of the molecule is CC1CCOCC1(C)O. The van der Waals surface area contributed by atoms with Gasteiger partial charge in [0.05, 0.1) is 12.2 Å². The van der Waals surface area contributed by atoms with Crippen LogP contribution in [0.25, 0.3) is 0 Å². The van der Waals surface area contributed by atoms with Crippen molar-refractivity contribution in [3.8, 4) is 0 Å². The molecule has 0 aliphatic carbocycles. The van der Waals surface area contributed by atoms with Crippen molar-refractivity contribution in [1.29, 1.82) is 0 Å². The molecule has 1 saturated heterocycles. The monoisotopic (exact) mass is 130 g/mol. The molecule has 0 spiro atoms. The Bertz CT molecular complexity index is 99.1. The van der Waals surface area contributed by atoms with Crippen LogP contribution in [0.5, 0.6) is 0 Å². The zero-order valence-corrected chi connectivity index (χ0v) is 6.05. The largest absolute Gasteiger partial charge is 0.387 e. The first-order chi connectivity index (χ1) is 4.13. The van der Waals surface area contributed by atoms with E-state index in [-0.39, 0.29) is 0 Å². The third-order valence-electron chi connectivity index (χ3n) is 2.15. The molecule has 2 unspecified atom stereocenters. The molecule has 0 aromatic rings. The topological polar surface area (TPSA) is 29.5 Å². The lowest BCUT2D eigenvalue weighted by Gasteiger charge is -2.34. The highest BCUT2D eigenvalue weighted by atomic mass is 16.5. The van der Waals surface area contributed by atoms with E-state index in [4.69, 9.17) is 4.74 Å². The molecular formula is C7H14O2. The first-order valence-electron chi connectivity index (χ1n) is 3.43. The third-order valence-corrected chi connectivity index (χ3v) is 2.15. The average Bonchev–Trinajstić information content (AvgIpc) is 1.77. The van der Waals surface area contributed by atoms with Gasteiger partial charge in [-0.2, -0.15) is 0 Å². The second-order valence-corrected chi connectivity index (χ2v) is 3.10. The van der Waals surface area contributed by atoms with Gasteiger partial charge >= 0.3 is 0 Å². The Morgan fingerprint density at radius 3 is 2.67 bits per heavy atom. The summed E-state index contributed by atoms with van der Waals surface area (Å²) in [7, 11) is 0. The van der Waals surface area contributed by atoms with E-state index in [0.717, 1.165) is 13.0 Å². The maximum atomic E-state index is 9.52. The molecule has 0 radical (unpaired) electrons. The van der Waals surface area contributed by atoms with E-state index in [2.05, 4.69) is 6.92 Å². The van der Waals surface area contributed by atoms with E-state index in [0.29, 0.717) is 12.5 Å². The number of hydrogen-bond acceptors (Lipinski definition) is 2. The highest BCUT2D eigenvalue weighted by Gasteiger charge is 2.31. The summed E-state index contributed by atoms with van der Waals surface area (Å²) in [5.41, 5.74) is -0.585. The Morgan fingerprint density at radius 1 is 1.67 bits per heavy atom. The minimum absolute atomic E-state index is 0.381. The van der Waals surface area contributed by atoms with Crippen LogP contribution in [0, 0.1) is 5.92 Å². The van der Waals surface area contributed by atoms with Crippen molar-refractivity contribution >= 4 is 0 Å². The first-order valence-corrected chi connectivity index (χ1v) is 3.43. The molecule has 1 aliphatic heterocycles. The zero-order valence-electron chi connectivity index (χ0n) is 6.05. The number of rotatable bonds is 0. The third kappa shape index (κ3) is 1.43. The van der Waals surface area contributed by atoms with Gasteiger partial charge in [0.15, 0.2) is 0 Å². The van der Waals surface area contributed by atoms with Crippen LogP contribution in [-0.4, -0.2) is 23.9 Å². The van der Waals surface area contributed by atoms with E-state index < -0.39 is 5.60 Å². The fourth-order valence-electron chi connectivity index (χ4n) is 0.992. The normalized spacial score (nSPS) is 45.0. The van der Waals surface area contributed by atoms with Gasteiger partial charge < -0.3 is 9.84 Å². The number of hydrogen-bond donors (Lipinski definition) is 1. The van der Waals surface area contributed by atoms with Gasteiger partial charge in [-0.1, -0.05) is 6.92 Å². The summed E-state index contributed by atoms with van der Waals surface area (Å²) in [6.07, 6.45) is 0.979. The van der Waals surface area contributed by atoms with Gasteiger partial charge in [0.1, 0.15) is 0 Å². The highest BCUT2D eigenvalue weighted by Crippen LogP contribution is 2.24. The second kappa shape index (κ2) is 2.27. The summed E-state index contributed by atoms with van der Waals surface area (Å²) in [4.78, 5) is 0. The van der Waals surface area contributed by atoms with Crippen molar-refractivity contribution in [2.75, 3.05) is 13.2 Å². The molecule has 0 aromatic heterocycles. The van der Waals surface area contributed by atoms with Crippen LogP contribution in [0.1, 0.15) is 20.3 Å². The van der Waals surface area contributed by atoms with Crippen LogP contribution in [0.15, 0.2) is 0 Å². The molecule has 1 N–H and O–H groups in total. The lowest BCUT2D eigenvalue weighted by atomic mass is 9.87. The highest BCUT2D eigenvalue weighted by molar-refractivity contribution is 4.81. The number of ether oxygens (including phenoxy) is 1. The summed E-state index contributed by atoms with van der Waals surface area (Å²) < 4.78 is 5.11. The lowest BCUT2D eigenvalue weighted by molar-refractivity contribution is -0.108. The van der Waals surface area contributed by atoms with Crippen molar-refractivity contribution < 1.29 is 9.84 Å². The van der Waals surface area contributed by atoms with Crippen molar-refractivity contribution in [3.05, 3.63) is 0 Å². The van der Waals surface area contributed by atoms with Crippen molar-refractivity contribution in [2.45, 2.75) is 25.9 Å².